The molecule has 0 amide bonds. The van der Waals surface area contributed by atoms with Gasteiger partial charge in [-0.2, -0.15) is 5.10 Å². The van der Waals surface area contributed by atoms with E-state index < -0.39 is 5.60 Å². The summed E-state index contributed by atoms with van der Waals surface area (Å²) in [5.41, 5.74) is 0.147. The van der Waals surface area contributed by atoms with E-state index in [1.165, 1.54) is 25.7 Å². The standard InChI is InChI=1S/C15H26N2O/c1-14(2,3)15(4,18)11-12-9-10-17(16-12)13-7-5-6-8-13/h9-10,13,18H,5-8,11H2,1-4H3. The van der Waals surface area contributed by atoms with Gasteiger partial charge in [0.1, 0.15) is 0 Å². The molecule has 0 bridgehead atoms. The van der Waals surface area contributed by atoms with E-state index in [4.69, 9.17) is 0 Å². The number of nitrogens with zero attached hydrogens (tertiary/aromatic N) is 2. The maximum Gasteiger partial charge on any atom is 0.0723 e. The van der Waals surface area contributed by atoms with Crippen molar-refractivity contribution in [1.29, 1.82) is 0 Å². The van der Waals surface area contributed by atoms with Gasteiger partial charge in [-0.25, -0.2) is 0 Å². The number of aliphatic hydroxyl groups is 1. The molecule has 1 unspecified atom stereocenters. The van der Waals surface area contributed by atoms with Crippen molar-refractivity contribution in [2.75, 3.05) is 0 Å². The van der Waals surface area contributed by atoms with Crippen molar-refractivity contribution in [1.82, 2.24) is 9.78 Å². The summed E-state index contributed by atoms with van der Waals surface area (Å²) in [4.78, 5) is 0. The summed E-state index contributed by atoms with van der Waals surface area (Å²) in [6.07, 6.45) is 7.83. The van der Waals surface area contributed by atoms with Crippen LogP contribution < -0.4 is 0 Å². The molecular weight excluding hydrogens is 224 g/mol. The first kappa shape index (κ1) is 13.6. The fourth-order valence-corrected chi connectivity index (χ4v) is 2.46. The molecule has 1 aliphatic rings. The Labute approximate surface area is 110 Å². The zero-order chi connectivity index (χ0) is 13.4. The van der Waals surface area contributed by atoms with Gasteiger partial charge in [0.2, 0.25) is 0 Å². The first-order chi connectivity index (χ1) is 8.29. The molecule has 2 rings (SSSR count). The van der Waals surface area contributed by atoms with Crippen LogP contribution in [-0.4, -0.2) is 20.5 Å². The molecule has 102 valence electrons. The van der Waals surface area contributed by atoms with E-state index in [1.807, 2.05) is 6.92 Å². The molecule has 1 fully saturated rings. The number of hydrogen-bond acceptors (Lipinski definition) is 2. The Morgan fingerprint density at radius 3 is 2.44 bits per heavy atom. The molecule has 1 aliphatic carbocycles. The Kier molecular flexibility index (Phi) is 3.54. The van der Waals surface area contributed by atoms with Gasteiger partial charge in [-0.15, -0.1) is 0 Å². The van der Waals surface area contributed by atoms with E-state index in [-0.39, 0.29) is 5.41 Å². The highest BCUT2D eigenvalue weighted by atomic mass is 16.3. The molecule has 1 saturated carbocycles. The molecule has 0 radical (unpaired) electrons. The number of rotatable bonds is 3. The van der Waals surface area contributed by atoms with Gasteiger partial charge in [0.25, 0.3) is 0 Å². The van der Waals surface area contributed by atoms with Gasteiger partial charge >= 0.3 is 0 Å². The Hall–Kier alpha value is -0.830. The summed E-state index contributed by atoms with van der Waals surface area (Å²) >= 11 is 0. The number of hydrogen-bond donors (Lipinski definition) is 1. The molecule has 0 aromatic carbocycles. The summed E-state index contributed by atoms with van der Waals surface area (Å²) in [6.45, 7) is 8.12. The molecule has 1 heterocycles. The molecule has 18 heavy (non-hydrogen) atoms. The Morgan fingerprint density at radius 2 is 1.89 bits per heavy atom. The largest absolute Gasteiger partial charge is 0.389 e. The molecule has 1 N–H and O–H groups in total. The van der Waals surface area contributed by atoms with Gasteiger partial charge in [0.15, 0.2) is 0 Å². The maximum atomic E-state index is 10.5. The summed E-state index contributed by atoms with van der Waals surface area (Å²) in [7, 11) is 0. The molecule has 1 aromatic heterocycles. The van der Waals surface area contributed by atoms with E-state index >= 15 is 0 Å². The quantitative estimate of drug-likeness (QED) is 0.893. The molecule has 1 atom stereocenters. The molecule has 1 aromatic rings. The van der Waals surface area contributed by atoms with Gasteiger partial charge in [0.05, 0.1) is 17.3 Å². The third-order valence-electron chi connectivity index (χ3n) is 4.50. The lowest BCUT2D eigenvalue weighted by Crippen LogP contribution is -2.41. The van der Waals surface area contributed by atoms with E-state index in [0.717, 1.165) is 5.69 Å². The van der Waals surface area contributed by atoms with Gasteiger partial charge in [-0.3, -0.25) is 4.68 Å². The molecular formula is C15H26N2O. The Morgan fingerprint density at radius 1 is 1.28 bits per heavy atom. The highest BCUT2D eigenvalue weighted by molar-refractivity contribution is 5.06. The Balaban J connectivity index is 2.06. The van der Waals surface area contributed by atoms with Gasteiger partial charge < -0.3 is 5.11 Å². The smallest absolute Gasteiger partial charge is 0.0723 e. The minimum atomic E-state index is -0.720. The summed E-state index contributed by atoms with van der Waals surface area (Å²) < 4.78 is 2.10. The predicted octanol–water partition coefficient (Wildman–Crippen LogP) is 3.34. The third-order valence-corrected chi connectivity index (χ3v) is 4.50. The first-order valence-electron chi connectivity index (χ1n) is 7.06. The fraction of sp³-hybridized carbons (Fsp3) is 0.800. The van der Waals surface area contributed by atoms with E-state index in [0.29, 0.717) is 12.5 Å². The summed E-state index contributed by atoms with van der Waals surface area (Å²) in [5.74, 6) is 0. The third kappa shape index (κ3) is 2.77. The van der Waals surface area contributed by atoms with Crippen LogP contribution in [0.15, 0.2) is 12.3 Å². The highest BCUT2D eigenvalue weighted by Gasteiger charge is 2.36. The second-order valence-electron chi connectivity index (χ2n) is 6.93. The second kappa shape index (κ2) is 4.69. The van der Waals surface area contributed by atoms with Gasteiger partial charge in [-0.1, -0.05) is 33.6 Å². The number of aromatic nitrogens is 2. The van der Waals surface area contributed by atoms with Crippen molar-refractivity contribution in [2.24, 2.45) is 5.41 Å². The molecule has 0 spiro atoms. The van der Waals surface area contributed by atoms with Crippen LogP contribution in [0.1, 0.15) is 65.1 Å². The van der Waals surface area contributed by atoms with Crippen molar-refractivity contribution in [2.45, 2.75) is 71.4 Å². The zero-order valence-electron chi connectivity index (χ0n) is 12.1. The molecule has 0 saturated heterocycles. The average Bonchev–Trinajstić information content (AvgIpc) is 2.83. The van der Waals surface area contributed by atoms with Crippen LogP contribution in [0, 0.1) is 5.41 Å². The zero-order valence-corrected chi connectivity index (χ0v) is 12.1. The normalized spacial score (nSPS) is 21.2. The van der Waals surface area contributed by atoms with Crippen LogP contribution in [0.3, 0.4) is 0 Å². The van der Waals surface area contributed by atoms with Crippen molar-refractivity contribution >= 4 is 0 Å². The monoisotopic (exact) mass is 250 g/mol. The minimum absolute atomic E-state index is 0.135. The van der Waals surface area contributed by atoms with Crippen LogP contribution >= 0.6 is 0 Å². The lowest BCUT2D eigenvalue weighted by Gasteiger charge is -2.36. The highest BCUT2D eigenvalue weighted by Crippen LogP contribution is 2.33. The van der Waals surface area contributed by atoms with Crippen molar-refractivity contribution in [3.63, 3.8) is 0 Å². The van der Waals surface area contributed by atoms with Gasteiger partial charge in [0, 0.05) is 12.6 Å². The maximum absolute atomic E-state index is 10.5. The van der Waals surface area contributed by atoms with Crippen LogP contribution in [0.2, 0.25) is 0 Å². The van der Waals surface area contributed by atoms with Gasteiger partial charge in [-0.05, 0) is 31.2 Å². The Bertz CT molecular complexity index is 395. The average molecular weight is 250 g/mol. The van der Waals surface area contributed by atoms with Crippen LogP contribution in [-0.2, 0) is 6.42 Å². The predicted molar refractivity (Wildman–Crippen MR) is 73.5 cm³/mol. The second-order valence-corrected chi connectivity index (χ2v) is 6.93. The lowest BCUT2D eigenvalue weighted by molar-refractivity contribution is -0.0413. The molecule has 0 aliphatic heterocycles. The molecule has 3 nitrogen and oxygen atoms in total. The fourth-order valence-electron chi connectivity index (χ4n) is 2.46. The van der Waals surface area contributed by atoms with Crippen molar-refractivity contribution in [3.05, 3.63) is 18.0 Å². The van der Waals surface area contributed by atoms with Crippen LogP contribution in [0.25, 0.3) is 0 Å². The van der Waals surface area contributed by atoms with Crippen molar-refractivity contribution in [3.8, 4) is 0 Å². The van der Waals surface area contributed by atoms with E-state index in [1.54, 1.807) is 0 Å². The summed E-state index contributed by atoms with van der Waals surface area (Å²) in [6, 6.07) is 2.64. The minimum Gasteiger partial charge on any atom is -0.389 e. The van der Waals surface area contributed by atoms with E-state index in [2.05, 4.69) is 42.8 Å². The topological polar surface area (TPSA) is 38.0 Å². The van der Waals surface area contributed by atoms with Crippen LogP contribution in [0.4, 0.5) is 0 Å². The summed E-state index contributed by atoms with van der Waals surface area (Å²) in [5, 5.41) is 15.2. The van der Waals surface area contributed by atoms with E-state index in [9.17, 15) is 5.11 Å². The lowest BCUT2D eigenvalue weighted by atomic mass is 9.75. The van der Waals surface area contributed by atoms with Crippen molar-refractivity contribution < 1.29 is 5.11 Å². The first-order valence-corrected chi connectivity index (χ1v) is 7.06. The SMILES string of the molecule is CC(C)(C)C(C)(O)Cc1ccn(C2CCCC2)n1. The van der Waals surface area contributed by atoms with Crippen LogP contribution in [0.5, 0.6) is 0 Å². The molecule has 3 heteroatoms.